The predicted octanol–water partition coefficient (Wildman–Crippen LogP) is 0.869. The summed E-state index contributed by atoms with van der Waals surface area (Å²) >= 11 is 0. The van der Waals surface area contributed by atoms with Crippen molar-refractivity contribution < 1.29 is 24.3 Å². The summed E-state index contributed by atoms with van der Waals surface area (Å²) in [6, 6.07) is 0. The molecule has 0 bridgehead atoms. The van der Waals surface area contributed by atoms with Gasteiger partial charge in [-0.25, -0.2) is 4.79 Å². The van der Waals surface area contributed by atoms with Gasteiger partial charge in [-0.2, -0.15) is 0 Å². The first-order valence-corrected chi connectivity index (χ1v) is 3.87. The Bertz CT molecular complexity index is 381. The predicted molar refractivity (Wildman–Crippen MR) is 44.3 cm³/mol. The molecule has 14 heavy (non-hydrogen) atoms. The second-order valence-electron chi connectivity index (χ2n) is 2.87. The molecule has 1 heterocycles. The summed E-state index contributed by atoms with van der Waals surface area (Å²) in [6.07, 6.45) is 0. The first kappa shape index (κ1) is 10.2. The van der Waals surface area contributed by atoms with Crippen molar-refractivity contribution >= 4 is 11.9 Å². The van der Waals surface area contributed by atoms with Gasteiger partial charge in [0.05, 0.1) is 5.92 Å². The van der Waals surface area contributed by atoms with Gasteiger partial charge >= 0.3 is 11.9 Å². The van der Waals surface area contributed by atoms with Crippen LogP contribution in [0, 0.1) is 6.92 Å². The molecule has 0 fully saturated rings. The maximum absolute atomic E-state index is 10.7. The van der Waals surface area contributed by atoms with Crippen LogP contribution in [0.15, 0.2) is 4.52 Å². The summed E-state index contributed by atoms with van der Waals surface area (Å²) < 4.78 is 4.63. The van der Waals surface area contributed by atoms with Crippen LogP contribution in [0.25, 0.3) is 0 Å². The second kappa shape index (κ2) is 3.49. The van der Waals surface area contributed by atoms with E-state index in [1.807, 2.05) is 0 Å². The van der Waals surface area contributed by atoms with Gasteiger partial charge in [0.2, 0.25) is 0 Å². The van der Waals surface area contributed by atoms with Crippen LogP contribution in [-0.2, 0) is 4.79 Å². The summed E-state index contributed by atoms with van der Waals surface area (Å²) in [5, 5.41) is 20.7. The molecule has 0 saturated heterocycles. The van der Waals surface area contributed by atoms with E-state index in [0.717, 1.165) is 0 Å². The third-order valence-corrected chi connectivity index (χ3v) is 1.91. The van der Waals surface area contributed by atoms with Crippen LogP contribution in [0.2, 0.25) is 0 Å². The van der Waals surface area contributed by atoms with E-state index >= 15 is 0 Å². The molecular formula is C8H9NO5. The number of hydrogen-bond donors (Lipinski definition) is 2. The van der Waals surface area contributed by atoms with Crippen molar-refractivity contribution in [1.29, 1.82) is 0 Å². The number of carboxylic acids is 2. The van der Waals surface area contributed by atoms with Gasteiger partial charge in [0.1, 0.15) is 5.76 Å². The Labute approximate surface area is 79.1 Å². The molecule has 1 rings (SSSR count). The van der Waals surface area contributed by atoms with Crippen LogP contribution in [-0.4, -0.2) is 27.3 Å². The van der Waals surface area contributed by atoms with Crippen LogP contribution in [0.3, 0.4) is 0 Å². The van der Waals surface area contributed by atoms with Crippen molar-refractivity contribution in [2.24, 2.45) is 0 Å². The minimum atomic E-state index is -1.29. The van der Waals surface area contributed by atoms with Crippen molar-refractivity contribution in [3.8, 4) is 0 Å². The Morgan fingerprint density at radius 1 is 1.43 bits per heavy atom. The largest absolute Gasteiger partial charge is 0.481 e. The van der Waals surface area contributed by atoms with Crippen LogP contribution in [0.5, 0.6) is 0 Å². The number of aromatic nitrogens is 1. The Kier molecular flexibility index (Phi) is 2.55. The first-order valence-electron chi connectivity index (χ1n) is 3.87. The van der Waals surface area contributed by atoms with Crippen LogP contribution >= 0.6 is 0 Å². The quantitative estimate of drug-likeness (QED) is 0.748. The van der Waals surface area contributed by atoms with E-state index in [1.165, 1.54) is 13.8 Å². The molecule has 0 aliphatic carbocycles. The van der Waals surface area contributed by atoms with Gasteiger partial charge in [-0.3, -0.25) is 4.79 Å². The Balaban J connectivity index is 3.24. The summed E-state index contributed by atoms with van der Waals surface area (Å²) in [5.41, 5.74) is -0.220. The Morgan fingerprint density at radius 3 is 2.43 bits per heavy atom. The van der Waals surface area contributed by atoms with Crippen molar-refractivity contribution in [3.05, 3.63) is 17.0 Å². The normalized spacial score (nSPS) is 12.4. The number of nitrogens with zero attached hydrogens (tertiary/aromatic N) is 1. The summed E-state index contributed by atoms with van der Waals surface area (Å²) in [4.78, 5) is 21.3. The molecule has 1 aromatic rings. The monoisotopic (exact) mass is 199 g/mol. The van der Waals surface area contributed by atoms with Crippen LogP contribution in [0.1, 0.15) is 34.7 Å². The lowest BCUT2D eigenvalue weighted by Gasteiger charge is -2.03. The number of aryl methyl sites for hydroxylation is 1. The molecule has 76 valence electrons. The average Bonchev–Trinajstić information content (AvgIpc) is 2.45. The lowest BCUT2D eigenvalue weighted by molar-refractivity contribution is -0.138. The number of aromatic carboxylic acids is 1. The topological polar surface area (TPSA) is 101 Å². The number of carbonyl (C=O) groups is 2. The highest BCUT2D eigenvalue weighted by Crippen LogP contribution is 2.23. The van der Waals surface area contributed by atoms with Gasteiger partial charge in [0.25, 0.3) is 0 Å². The van der Waals surface area contributed by atoms with E-state index in [0.29, 0.717) is 0 Å². The molecular weight excluding hydrogens is 190 g/mol. The van der Waals surface area contributed by atoms with Gasteiger partial charge in [0, 0.05) is 5.56 Å². The molecule has 0 aliphatic heterocycles. The van der Waals surface area contributed by atoms with Gasteiger partial charge < -0.3 is 14.7 Å². The van der Waals surface area contributed by atoms with E-state index in [4.69, 9.17) is 10.2 Å². The minimum Gasteiger partial charge on any atom is -0.481 e. The molecule has 1 unspecified atom stereocenters. The average molecular weight is 199 g/mol. The molecule has 6 nitrogen and oxygen atoms in total. The van der Waals surface area contributed by atoms with Crippen molar-refractivity contribution in [3.63, 3.8) is 0 Å². The smallest absolute Gasteiger partial charge is 0.358 e. The first-order chi connectivity index (χ1) is 6.45. The van der Waals surface area contributed by atoms with E-state index in [9.17, 15) is 9.59 Å². The second-order valence-corrected chi connectivity index (χ2v) is 2.87. The fourth-order valence-corrected chi connectivity index (χ4v) is 1.17. The SMILES string of the molecule is Cc1onc(C(=O)O)c1C(C)C(=O)O. The lowest BCUT2D eigenvalue weighted by Crippen LogP contribution is -2.12. The fraction of sp³-hybridized carbons (Fsp3) is 0.375. The third-order valence-electron chi connectivity index (χ3n) is 1.91. The van der Waals surface area contributed by atoms with Gasteiger partial charge in [-0.05, 0) is 13.8 Å². The summed E-state index contributed by atoms with van der Waals surface area (Å²) in [6.45, 7) is 2.86. The van der Waals surface area contributed by atoms with Gasteiger partial charge in [0.15, 0.2) is 5.69 Å². The summed E-state index contributed by atoms with van der Waals surface area (Å²) in [7, 11) is 0. The highest BCUT2D eigenvalue weighted by atomic mass is 16.5. The van der Waals surface area contributed by atoms with Crippen molar-refractivity contribution in [2.45, 2.75) is 19.8 Å². The van der Waals surface area contributed by atoms with E-state index < -0.39 is 17.9 Å². The Hall–Kier alpha value is -1.85. The number of rotatable bonds is 3. The van der Waals surface area contributed by atoms with Crippen molar-refractivity contribution in [2.75, 3.05) is 0 Å². The third kappa shape index (κ3) is 1.59. The molecule has 1 aromatic heterocycles. The zero-order valence-corrected chi connectivity index (χ0v) is 7.64. The van der Waals surface area contributed by atoms with Crippen molar-refractivity contribution in [1.82, 2.24) is 5.16 Å². The standard InChI is InChI=1S/C8H9NO5/c1-3(7(10)11)5-4(2)14-9-6(5)8(12)13/h3H,1-2H3,(H,10,11)(H,12,13). The molecule has 0 radical (unpaired) electrons. The summed E-state index contributed by atoms with van der Waals surface area (Å²) in [5.74, 6) is -3.12. The molecule has 1 atom stereocenters. The Morgan fingerprint density at radius 2 is 2.00 bits per heavy atom. The molecule has 0 aromatic carbocycles. The zero-order chi connectivity index (χ0) is 10.9. The molecule has 2 N–H and O–H groups in total. The van der Waals surface area contributed by atoms with Crippen LogP contribution < -0.4 is 0 Å². The fourth-order valence-electron chi connectivity index (χ4n) is 1.17. The van der Waals surface area contributed by atoms with Gasteiger partial charge in [-0.1, -0.05) is 5.16 Å². The highest BCUT2D eigenvalue weighted by molar-refractivity contribution is 5.90. The van der Waals surface area contributed by atoms with E-state index in [1.54, 1.807) is 0 Å². The van der Waals surface area contributed by atoms with E-state index in [-0.39, 0.29) is 17.0 Å². The molecule has 6 heteroatoms. The number of hydrogen-bond acceptors (Lipinski definition) is 4. The van der Waals surface area contributed by atoms with E-state index in [2.05, 4.69) is 9.68 Å². The molecule has 0 spiro atoms. The molecule has 0 amide bonds. The highest BCUT2D eigenvalue weighted by Gasteiger charge is 2.27. The number of carboxylic acid groups (broad SMARTS) is 2. The molecule has 0 saturated carbocycles. The number of aliphatic carboxylic acids is 1. The maximum Gasteiger partial charge on any atom is 0.358 e. The van der Waals surface area contributed by atoms with Gasteiger partial charge in [-0.15, -0.1) is 0 Å². The lowest BCUT2D eigenvalue weighted by atomic mass is 9.99. The zero-order valence-electron chi connectivity index (χ0n) is 7.64. The molecule has 0 aliphatic rings. The van der Waals surface area contributed by atoms with Crippen LogP contribution in [0.4, 0.5) is 0 Å². The minimum absolute atomic E-state index is 0.116. The maximum atomic E-state index is 10.7.